The van der Waals surface area contributed by atoms with Gasteiger partial charge in [0, 0.05) is 6.92 Å². The average molecular weight is 2120 g/mol. The molecule has 0 unspecified atom stereocenters. The molecule has 0 spiro atoms. The summed E-state index contributed by atoms with van der Waals surface area (Å²) in [5.41, 5.74) is 1.45. The predicted molar refractivity (Wildman–Crippen MR) is 377 cm³/mol. The van der Waals surface area contributed by atoms with Gasteiger partial charge in [-0.15, -0.1) is 0 Å². The van der Waals surface area contributed by atoms with Crippen LogP contribution in [0.25, 0.3) is 0 Å². The first-order chi connectivity index (χ1) is 48.8. The molecule has 0 atom stereocenters. The second-order valence-corrected chi connectivity index (χ2v) is 216. The van der Waals surface area contributed by atoms with Gasteiger partial charge in [-0.1, -0.05) is 62.0 Å². The highest BCUT2D eigenvalue weighted by Gasteiger charge is 2.60. The molecular formula is C25H38O41Si40. The van der Waals surface area contributed by atoms with Gasteiger partial charge >= 0.3 is 292 Å². The van der Waals surface area contributed by atoms with Crippen LogP contribution in [0.5, 0.6) is 11.5 Å². The summed E-state index contributed by atoms with van der Waals surface area (Å²) in [5.74, 6) is 0.298. The highest BCUT2D eigenvalue weighted by molar-refractivity contribution is 7.86. The summed E-state index contributed by atoms with van der Waals surface area (Å²) < 4.78 is 497. The second kappa shape index (κ2) is 45.9. The van der Waals surface area contributed by atoms with Gasteiger partial charge in [-0.3, -0.25) is 4.79 Å². The second-order valence-electron chi connectivity index (χ2n) is 21.7. The molecule has 0 aliphatic heterocycles. The normalized spacial score (nSPS) is 10.6. The fourth-order valence-corrected chi connectivity index (χ4v) is 465. The third-order valence-corrected chi connectivity index (χ3v) is 321. The molecule has 0 aliphatic carbocycles. The Bertz CT molecular complexity index is 4780. The number of rotatable bonds is 50. The first-order valence-electron chi connectivity index (χ1n) is 28.3. The molecule has 0 aliphatic rings. The first kappa shape index (κ1) is 101. The van der Waals surface area contributed by atoms with Gasteiger partial charge in [0.25, 0.3) is 9.28 Å². The van der Waals surface area contributed by atoms with Crippen molar-refractivity contribution in [3.63, 3.8) is 0 Å². The Kier molecular flexibility index (Phi) is 43.7. The molecule has 106 heavy (non-hydrogen) atoms. The van der Waals surface area contributed by atoms with Crippen LogP contribution in [0.1, 0.15) is 30.9 Å². The van der Waals surface area contributed by atoms with Gasteiger partial charge in [0.05, 0.1) is 7.11 Å². The first-order valence-corrected chi connectivity index (χ1v) is 126. The van der Waals surface area contributed by atoms with Crippen molar-refractivity contribution in [2.75, 3.05) is 7.11 Å². The molecule has 0 N–H and O–H groups in total. The fraction of sp³-hybridized carbons (Fsp3) is 0.480. The molecule has 81 heteroatoms. The SMILES string of the molecule is COc1ccccc1CCC[Si](C)(C)[Si](=O)[Si](=O)[Si](=O)[Si](=O)[Si](=O)[Si](=O)[Si](=O)[Si](=O)[Si](=O)[Si](=O)[Si](=O)[Si](=O)[Si](=O)[Si](=O)[Si](=O)[Si](=O)[Si](=O)[Si](=O)[Si](=O)[Si](=O)[Si](=O)[Si](=O)[Si](=O)[Si](=O)[Si](=O)[Si](=O)[Si](=O)[Si](=O)[Si](=O)[Si](=O)[Si](=O)[Si](=O)[Si](=O)[Si](=O)[Si](=O)[Si](=O)[Si](=O)[Si]O[Si](C)(C)CCCc1ccccc1OC(C)=O. The van der Waals surface area contributed by atoms with E-state index in [1.54, 1.807) is 61.6 Å². The molecule has 544 valence electrons. The highest BCUT2D eigenvalue weighted by Crippen LogP contribution is 2.24. The van der Waals surface area contributed by atoms with Gasteiger partial charge in [-0.05, 0) is 61.7 Å². The van der Waals surface area contributed by atoms with E-state index in [0.717, 1.165) is 5.56 Å². The lowest BCUT2D eigenvalue weighted by molar-refractivity contribution is -0.131. The van der Waals surface area contributed by atoms with Crippen LogP contribution in [0.3, 0.4) is 0 Å². The minimum Gasteiger partial charge on any atom is -0.496 e. The topological polar surface area (TPSA) is 676 Å². The third-order valence-electron chi connectivity index (χ3n) is 13.4. The summed E-state index contributed by atoms with van der Waals surface area (Å²) >= 11 is 0. The van der Waals surface area contributed by atoms with E-state index in [1.807, 2.05) is 0 Å². The number of hydrogen-bond acceptors (Lipinski definition) is 41. The van der Waals surface area contributed by atoms with Crippen molar-refractivity contribution < 1.29 is 183 Å². The number of para-hydroxylation sites is 2. The smallest absolute Gasteiger partial charge is 0.381 e. The highest BCUT2D eigenvalue weighted by atomic mass is 30.2. The Morgan fingerprint density at radius 1 is 0.302 bits per heavy atom. The monoisotopic (exact) mass is 2110 g/mol. The molecule has 0 saturated heterocycles. The summed E-state index contributed by atoms with van der Waals surface area (Å²) in [7, 11) is -174. The summed E-state index contributed by atoms with van der Waals surface area (Å²) in [5, 5.41) is 0. The predicted octanol–water partition coefficient (Wildman–Crippen LogP) is -12.3. The van der Waals surface area contributed by atoms with Crippen molar-refractivity contribution in [3.05, 3.63) is 59.7 Å². The van der Waals surface area contributed by atoms with Gasteiger partial charge in [0.2, 0.25) is 0 Å². The van der Waals surface area contributed by atoms with Crippen LogP contribution in [-0.2, 0) is 187 Å². The molecule has 2 aromatic carbocycles. The molecule has 2 radical (unpaired) electrons. The molecule has 0 heterocycles. The van der Waals surface area contributed by atoms with E-state index in [4.69, 9.17) is 13.6 Å². The maximum absolute atomic E-state index is 13.4. The largest absolute Gasteiger partial charge is 0.496 e. The Balaban J connectivity index is 2.04. The number of benzene rings is 2. The minimum absolute atomic E-state index is 0.231. The zero-order valence-electron chi connectivity index (χ0n) is 54.1. The van der Waals surface area contributed by atoms with E-state index >= 15 is 0 Å². The zero-order valence-corrected chi connectivity index (χ0v) is 94.1. The van der Waals surface area contributed by atoms with E-state index in [0.29, 0.717) is 48.8 Å². The average Bonchev–Trinajstić information content (AvgIpc) is 0.820. The van der Waals surface area contributed by atoms with Crippen LogP contribution in [-0.4, -0.2) is 324 Å². The maximum atomic E-state index is 13.4. The molecule has 41 nitrogen and oxygen atoms in total. The number of esters is 1. The van der Waals surface area contributed by atoms with Crippen LogP contribution < -0.4 is 9.47 Å². The van der Waals surface area contributed by atoms with Gasteiger partial charge in [-0.25, -0.2) is 0 Å². The van der Waals surface area contributed by atoms with Gasteiger partial charge in [0.1, 0.15) is 19.1 Å². The van der Waals surface area contributed by atoms with Gasteiger partial charge in [0.15, 0.2) is 8.32 Å². The molecular weight excluding hydrogens is 2080 g/mol. The van der Waals surface area contributed by atoms with Crippen molar-refractivity contribution in [2.24, 2.45) is 0 Å². The van der Waals surface area contributed by atoms with Crippen LogP contribution in [0.15, 0.2) is 48.5 Å². The van der Waals surface area contributed by atoms with E-state index in [2.05, 4.69) is 0 Å². The molecule has 0 fully saturated rings. The molecule has 2 aromatic rings. The molecule has 0 aromatic heterocycles. The van der Waals surface area contributed by atoms with Crippen molar-refractivity contribution in [3.8, 4) is 11.5 Å². The number of carbonyl (C=O) groups excluding carboxylic acids is 1. The molecule has 2 rings (SSSR count). The van der Waals surface area contributed by atoms with E-state index in [1.165, 1.54) is 27.1 Å². The lowest BCUT2D eigenvalue weighted by Gasteiger charge is -2.22. The van der Waals surface area contributed by atoms with Crippen LogP contribution in [0, 0.1) is 0 Å². The number of hydrogen-bond donors (Lipinski definition) is 0. The van der Waals surface area contributed by atoms with E-state index in [9.17, 15) is 170 Å². The summed E-state index contributed by atoms with van der Waals surface area (Å²) in [6.45, 7) is 7.61. The number of methoxy groups -OCH3 is 1. The number of carbonyl (C=O) groups is 1. The van der Waals surface area contributed by atoms with Gasteiger partial charge < -0.3 is 179 Å². The van der Waals surface area contributed by atoms with Crippen LogP contribution >= 0.6 is 0 Å². The molecule has 0 saturated carbocycles. The molecule has 0 amide bonds. The maximum Gasteiger partial charge on any atom is 0.381 e. The lowest BCUT2D eigenvalue weighted by Crippen LogP contribution is -2.58. The Morgan fingerprint density at radius 2 is 0.509 bits per heavy atom. The Hall–Kier alpha value is -1.05. The van der Waals surface area contributed by atoms with Crippen LogP contribution in [0.4, 0.5) is 0 Å². The fourth-order valence-electron chi connectivity index (χ4n) is 7.61. The van der Waals surface area contributed by atoms with Gasteiger partial charge in [-0.2, -0.15) is 0 Å². The van der Waals surface area contributed by atoms with Crippen molar-refractivity contribution >= 4 is 317 Å². The third kappa shape index (κ3) is 27.6. The van der Waals surface area contributed by atoms with E-state index in [-0.39, 0.29) is 6.04 Å². The van der Waals surface area contributed by atoms with Crippen LogP contribution in [0.2, 0.25) is 38.3 Å². The molecule has 0 bridgehead atoms. The van der Waals surface area contributed by atoms with Crippen molar-refractivity contribution in [2.45, 2.75) is 70.9 Å². The Morgan fingerprint density at radius 3 is 0.755 bits per heavy atom. The standard InChI is InChI=1S/C25H38O41Si40/c1-21(26)65-25-18-10-8-14-23(25)15-11-19-105(3,4)66-67-68(27)69(28)70(29)71(30)72(31)73(32)74(33)75(34)76(35)77(36)78(37)79(38)80(39)81(40)82(41)83(42)84(43)85(44)86(45)87(46)88(47)89(48)90(49)91(50)92(51)93(52)94(53)95(54)96(55)97(56)98(57)99(58)100(59)101(60)102(61)103(62)104(63)106(5,6)20-12-16-22-13-7-9-17-24(22)64-2/h7-10,13-14,17-18H,11-12,15-16,19-20H2,1-6H3. The summed E-state index contributed by atoms with van der Waals surface area (Å²) in [6.07, 6.45) is 1.64. The summed E-state index contributed by atoms with van der Waals surface area (Å²) in [6, 6.07) is 14.1. The van der Waals surface area contributed by atoms with Crippen molar-refractivity contribution in [1.29, 1.82) is 0 Å². The van der Waals surface area contributed by atoms with Crippen molar-refractivity contribution in [1.82, 2.24) is 0 Å². The van der Waals surface area contributed by atoms with E-state index < -0.39 is 317 Å². The lowest BCUT2D eigenvalue weighted by atomic mass is 10.1. The Labute approximate surface area is 642 Å². The summed E-state index contributed by atoms with van der Waals surface area (Å²) in [4.78, 5) is 11.4. The number of ether oxygens (including phenoxy) is 2. The number of aryl methyl sites for hydroxylation is 2. The zero-order chi connectivity index (χ0) is 82.0. The quantitative estimate of drug-likeness (QED) is 0.0337. The minimum atomic E-state index is -4.85.